The summed E-state index contributed by atoms with van der Waals surface area (Å²) in [6.07, 6.45) is 0. The van der Waals surface area contributed by atoms with Crippen LogP contribution in [-0.2, 0) is 4.79 Å². The summed E-state index contributed by atoms with van der Waals surface area (Å²) in [6, 6.07) is 7.56. The van der Waals surface area contributed by atoms with Crippen LogP contribution in [0.5, 0.6) is 0 Å². The van der Waals surface area contributed by atoms with E-state index in [0.29, 0.717) is 26.2 Å². The molecule has 2 amide bonds. The zero-order chi connectivity index (χ0) is 13.8. The Kier molecular flexibility index (Phi) is 4.16. The molecule has 1 aromatic rings. The molecule has 1 fully saturated rings. The van der Waals surface area contributed by atoms with Gasteiger partial charge in [-0.2, -0.15) is 0 Å². The number of carbonyl (C=O) groups excluding carboxylic acids is 2. The van der Waals surface area contributed by atoms with E-state index in [0.717, 1.165) is 11.1 Å². The Hall–Kier alpha value is -1.88. The minimum Gasteiger partial charge on any atom is -0.338 e. The van der Waals surface area contributed by atoms with E-state index in [4.69, 9.17) is 5.73 Å². The predicted molar refractivity (Wildman–Crippen MR) is 72.7 cm³/mol. The molecular formula is C14H19N3O2. The second-order valence-electron chi connectivity index (χ2n) is 4.69. The average molecular weight is 261 g/mol. The molecule has 0 spiro atoms. The van der Waals surface area contributed by atoms with E-state index in [1.807, 2.05) is 31.2 Å². The van der Waals surface area contributed by atoms with Gasteiger partial charge in [0.2, 0.25) is 5.91 Å². The molecule has 2 N–H and O–H groups in total. The molecule has 5 heteroatoms. The smallest absolute Gasteiger partial charge is 0.254 e. The fraction of sp³-hybridized carbons (Fsp3) is 0.429. The lowest BCUT2D eigenvalue weighted by molar-refractivity contribution is -0.131. The first-order valence-electron chi connectivity index (χ1n) is 6.46. The molecule has 1 aliphatic rings. The van der Waals surface area contributed by atoms with Gasteiger partial charge in [-0.15, -0.1) is 0 Å². The lowest BCUT2D eigenvalue weighted by Crippen LogP contribution is -2.52. The van der Waals surface area contributed by atoms with Crippen LogP contribution in [0.4, 0.5) is 0 Å². The molecule has 102 valence electrons. The van der Waals surface area contributed by atoms with Gasteiger partial charge in [0.05, 0.1) is 6.54 Å². The molecule has 0 unspecified atom stereocenters. The van der Waals surface area contributed by atoms with Gasteiger partial charge in [-0.3, -0.25) is 9.59 Å². The number of hydrogen-bond donors (Lipinski definition) is 1. The summed E-state index contributed by atoms with van der Waals surface area (Å²) < 4.78 is 0. The summed E-state index contributed by atoms with van der Waals surface area (Å²) in [5, 5.41) is 0. The van der Waals surface area contributed by atoms with Crippen molar-refractivity contribution < 1.29 is 9.59 Å². The molecular weight excluding hydrogens is 242 g/mol. The Morgan fingerprint density at radius 3 is 2.26 bits per heavy atom. The van der Waals surface area contributed by atoms with Gasteiger partial charge in [-0.25, -0.2) is 0 Å². The zero-order valence-corrected chi connectivity index (χ0v) is 11.1. The Labute approximate surface area is 113 Å². The van der Waals surface area contributed by atoms with Crippen molar-refractivity contribution in [1.29, 1.82) is 0 Å². The van der Waals surface area contributed by atoms with Crippen molar-refractivity contribution in [2.75, 3.05) is 32.7 Å². The Bertz CT molecular complexity index is 479. The van der Waals surface area contributed by atoms with Crippen molar-refractivity contribution in [1.82, 2.24) is 9.80 Å². The summed E-state index contributed by atoms with van der Waals surface area (Å²) in [7, 11) is 0. The van der Waals surface area contributed by atoms with Crippen LogP contribution >= 0.6 is 0 Å². The van der Waals surface area contributed by atoms with Gasteiger partial charge in [0.15, 0.2) is 0 Å². The van der Waals surface area contributed by atoms with Crippen molar-refractivity contribution in [3.8, 4) is 0 Å². The number of hydrogen-bond acceptors (Lipinski definition) is 3. The maximum atomic E-state index is 12.4. The first-order chi connectivity index (χ1) is 9.13. The van der Waals surface area contributed by atoms with Crippen molar-refractivity contribution in [2.24, 2.45) is 5.73 Å². The average Bonchev–Trinajstić information content (AvgIpc) is 2.46. The first kappa shape index (κ1) is 13.5. The van der Waals surface area contributed by atoms with Gasteiger partial charge in [0.25, 0.3) is 5.91 Å². The van der Waals surface area contributed by atoms with Crippen LogP contribution in [0, 0.1) is 6.92 Å². The summed E-state index contributed by atoms with van der Waals surface area (Å²) in [5.41, 5.74) is 7.05. The molecule has 0 atom stereocenters. The number of carbonyl (C=O) groups is 2. The molecule has 0 bridgehead atoms. The van der Waals surface area contributed by atoms with E-state index in [1.54, 1.807) is 9.80 Å². The molecule has 2 rings (SSSR count). The van der Waals surface area contributed by atoms with Crippen LogP contribution in [-0.4, -0.2) is 54.3 Å². The summed E-state index contributed by atoms with van der Waals surface area (Å²) in [6.45, 7) is 4.23. The minimum atomic E-state index is -0.0528. The van der Waals surface area contributed by atoms with Crippen LogP contribution in [0.3, 0.4) is 0 Å². The monoisotopic (exact) mass is 261 g/mol. The third-order valence-corrected chi connectivity index (χ3v) is 3.47. The van der Waals surface area contributed by atoms with E-state index in [-0.39, 0.29) is 18.4 Å². The van der Waals surface area contributed by atoms with Crippen molar-refractivity contribution in [2.45, 2.75) is 6.92 Å². The number of nitrogens with zero attached hydrogens (tertiary/aromatic N) is 2. The van der Waals surface area contributed by atoms with Gasteiger partial charge in [-0.1, -0.05) is 18.2 Å². The van der Waals surface area contributed by atoms with Gasteiger partial charge >= 0.3 is 0 Å². The van der Waals surface area contributed by atoms with Gasteiger partial charge in [-0.05, 0) is 18.6 Å². The van der Waals surface area contributed by atoms with Crippen molar-refractivity contribution >= 4 is 11.8 Å². The highest BCUT2D eigenvalue weighted by Crippen LogP contribution is 2.12. The van der Waals surface area contributed by atoms with E-state index < -0.39 is 0 Å². The summed E-state index contributed by atoms with van der Waals surface area (Å²) >= 11 is 0. The van der Waals surface area contributed by atoms with Gasteiger partial charge in [0.1, 0.15) is 0 Å². The Morgan fingerprint density at radius 2 is 1.68 bits per heavy atom. The number of nitrogens with two attached hydrogens (primary N) is 1. The number of amides is 2. The standard InChI is InChI=1S/C14H19N3O2/c1-11-4-2-3-5-12(11)14(19)17-8-6-16(7-9-17)13(18)10-15/h2-5H,6-10,15H2,1H3. The molecule has 0 aliphatic carbocycles. The maximum absolute atomic E-state index is 12.4. The molecule has 0 aromatic heterocycles. The second kappa shape index (κ2) is 5.84. The second-order valence-corrected chi connectivity index (χ2v) is 4.69. The topological polar surface area (TPSA) is 66.6 Å². The van der Waals surface area contributed by atoms with Crippen LogP contribution in [0.15, 0.2) is 24.3 Å². The lowest BCUT2D eigenvalue weighted by Gasteiger charge is -2.34. The van der Waals surface area contributed by atoms with Gasteiger partial charge in [0, 0.05) is 31.7 Å². The quantitative estimate of drug-likeness (QED) is 0.829. The zero-order valence-electron chi connectivity index (χ0n) is 11.1. The fourth-order valence-corrected chi connectivity index (χ4v) is 2.27. The van der Waals surface area contributed by atoms with E-state index >= 15 is 0 Å². The maximum Gasteiger partial charge on any atom is 0.254 e. The third kappa shape index (κ3) is 2.93. The number of piperazine rings is 1. The largest absolute Gasteiger partial charge is 0.338 e. The van der Waals surface area contributed by atoms with Crippen molar-refractivity contribution in [3.05, 3.63) is 35.4 Å². The van der Waals surface area contributed by atoms with Crippen LogP contribution in [0.2, 0.25) is 0 Å². The Balaban J connectivity index is 2.00. The molecule has 1 aliphatic heterocycles. The normalized spacial score (nSPS) is 15.5. The highest BCUT2D eigenvalue weighted by Gasteiger charge is 2.24. The van der Waals surface area contributed by atoms with Crippen LogP contribution in [0.25, 0.3) is 0 Å². The van der Waals surface area contributed by atoms with Crippen molar-refractivity contribution in [3.63, 3.8) is 0 Å². The molecule has 5 nitrogen and oxygen atoms in total. The predicted octanol–water partition coefficient (Wildman–Crippen LogP) is 0.238. The molecule has 1 saturated heterocycles. The number of rotatable bonds is 2. The minimum absolute atomic E-state index is 0.0335. The first-order valence-corrected chi connectivity index (χ1v) is 6.46. The third-order valence-electron chi connectivity index (χ3n) is 3.47. The molecule has 1 aromatic carbocycles. The molecule has 0 saturated carbocycles. The fourth-order valence-electron chi connectivity index (χ4n) is 2.27. The number of benzene rings is 1. The lowest BCUT2D eigenvalue weighted by atomic mass is 10.1. The molecule has 0 radical (unpaired) electrons. The van der Waals surface area contributed by atoms with E-state index in [1.165, 1.54) is 0 Å². The summed E-state index contributed by atoms with van der Waals surface area (Å²) in [5.74, 6) is -0.0130. The van der Waals surface area contributed by atoms with Gasteiger partial charge < -0.3 is 15.5 Å². The van der Waals surface area contributed by atoms with Crippen LogP contribution in [0.1, 0.15) is 15.9 Å². The number of aryl methyl sites for hydroxylation is 1. The highest BCUT2D eigenvalue weighted by atomic mass is 16.2. The Morgan fingerprint density at radius 1 is 1.11 bits per heavy atom. The van der Waals surface area contributed by atoms with E-state index in [2.05, 4.69) is 0 Å². The molecule has 1 heterocycles. The van der Waals surface area contributed by atoms with E-state index in [9.17, 15) is 9.59 Å². The highest BCUT2D eigenvalue weighted by molar-refractivity contribution is 5.95. The molecule has 19 heavy (non-hydrogen) atoms. The SMILES string of the molecule is Cc1ccccc1C(=O)N1CCN(C(=O)CN)CC1. The summed E-state index contributed by atoms with van der Waals surface area (Å²) in [4.78, 5) is 27.3. The van der Waals surface area contributed by atoms with Crippen LogP contribution < -0.4 is 5.73 Å².